The maximum Gasteiger partial charge on any atom is 0.0797 e. The third-order valence-corrected chi connectivity index (χ3v) is 0.458. The van der Waals surface area contributed by atoms with Gasteiger partial charge in [0.15, 0.2) is 0 Å². The van der Waals surface area contributed by atoms with Crippen LogP contribution in [0, 0.1) is 0 Å². The van der Waals surface area contributed by atoms with E-state index in [1.54, 1.807) is 0 Å². The van der Waals surface area contributed by atoms with Gasteiger partial charge in [-0.3, -0.25) is 4.99 Å². The van der Waals surface area contributed by atoms with Gasteiger partial charge in [-0.1, -0.05) is 6.92 Å². The lowest BCUT2D eigenvalue weighted by Crippen LogP contribution is -1.89. The fourth-order valence-corrected chi connectivity index (χ4v) is 0.204. The van der Waals surface area contributed by atoms with E-state index in [2.05, 4.69) is 11.9 Å². The van der Waals surface area contributed by atoms with Crippen LogP contribution in [-0.4, -0.2) is 12.9 Å². The van der Waals surface area contributed by atoms with Crippen LogP contribution in [0.15, 0.2) is 4.99 Å². The van der Waals surface area contributed by atoms with Gasteiger partial charge < -0.3 is 5.73 Å². The van der Waals surface area contributed by atoms with E-state index in [0.29, 0.717) is 0 Å². The second-order valence-electron chi connectivity index (χ2n) is 1.06. The summed E-state index contributed by atoms with van der Waals surface area (Å²) in [5.74, 6) is 0. The number of nitrogens with two attached hydrogens (primary N) is 1. The van der Waals surface area contributed by atoms with Crippen LogP contribution in [0.1, 0.15) is 13.3 Å². The number of nitrogens with zero attached hydrogens (tertiary/aromatic N) is 1. The van der Waals surface area contributed by atoms with E-state index in [-0.39, 0.29) is 0 Å². The number of hydrogen-bond donors (Lipinski definition) is 1. The van der Waals surface area contributed by atoms with Gasteiger partial charge >= 0.3 is 0 Å². The van der Waals surface area contributed by atoms with E-state index in [1.807, 2.05) is 0 Å². The Kier molecular flexibility index (Phi) is 4.08. The van der Waals surface area contributed by atoms with Gasteiger partial charge in [-0.15, -0.1) is 0 Å². The predicted molar refractivity (Wildman–Crippen MR) is 27.8 cm³/mol. The van der Waals surface area contributed by atoms with Crippen LogP contribution in [0.5, 0.6) is 0 Å². The summed E-state index contributed by atoms with van der Waals surface area (Å²) in [6.07, 6.45) is 2.41. The highest BCUT2D eigenvalue weighted by molar-refractivity contribution is 5.50. The largest absolute Gasteiger partial charge is 0.390 e. The Labute approximate surface area is 38.1 Å². The second-order valence-corrected chi connectivity index (χ2v) is 1.06. The zero-order valence-corrected chi connectivity index (χ0v) is 4.02. The quantitative estimate of drug-likeness (QED) is 0.383. The Morgan fingerprint density at radius 1 is 1.83 bits per heavy atom. The summed E-state index contributed by atoms with van der Waals surface area (Å²) in [5, 5.41) is 0. The van der Waals surface area contributed by atoms with E-state index in [0.717, 1.165) is 13.0 Å². The number of rotatable bonds is 2. The van der Waals surface area contributed by atoms with E-state index in [4.69, 9.17) is 5.73 Å². The molecule has 2 nitrogen and oxygen atoms in total. The molecule has 0 rings (SSSR count). The van der Waals surface area contributed by atoms with Crippen molar-refractivity contribution in [3.8, 4) is 0 Å². The van der Waals surface area contributed by atoms with Gasteiger partial charge in [-0.25, -0.2) is 0 Å². The van der Waals surface area contributed by atoms with Crippen molar-refractivity contribution in [1.82, 2.24) is 0 Å². The van der Waals surface area contributed by atoms with E-state index in [1.165, 1.54) is 6.34 Å². The van der Waals surface area contributed by atoms with Crippen molar-refractivity contribution in [2.75, 3.05) is 6.54 Å². The molecule has 0 spiro atoms. The molecule has 0 fully saturated rings. The summed E-state index contributed by atoms with van der Waals surface area (Å²) >= 11 is 0. The Bertz CT molecular complexity index is 40.8. The highest BCUT2D eigenvalue weighted by Gasteiger charge is 1.65. The highest BCUT2D eigenvalue weighted by Crippen LogP contribution is 1.71. The van der Waals surface area contributed by atoms with Crippen molar-refractivity contribution >= 4 is 6.34 Å². The molecule has 0 aromatic heterocycles. The molecule has 2 N–H and O–H groups in total. The second kappa shape index (κ2) is 4.47. The molecular formula is C4H10N2. The van der Waals surface area contributed by atoms with Gasteiger partial charge in [0.05, 0.1) is 6.34 Å². The summed E-state index contributed by atoms with van der Waals surface area (Å²) in [6.45, 7) is 2.92. The first kappa shape index (κ1) is 5.47. The lowest BCUT2D eigenvalue weighted by atomic mass is 10.5. The molecule has 0 aromatic carbocycles. The van der Waals surface area contributed by atoms with Gasteiger partial charge in [0.1, 0.15) is 0 Å². The van der Waals surface area contributed by atoms with Gasteiger partial charge in [0.25, 0.3) is 0 Å². The van der Waals surface area contributed by atoms with Crippen molar-refractivity contribution in [3.63, 3.8) is 0 Å². The Hall–Kier alpha value is -0.530. The molecule has 0 saturated carbocycles. The van der Waals surface area contributed by atoms with Crippen LogP contribution in [0.4, 0.5) is 0 Å². The molecule has 0 aromatic rings. The summed E-state index contributed by atoms with van der Waals surface area (Å²) in [6, 6.07) is 0. The van der Waals surface area contributed by atoms with Crippen molar-refractivity contribution in [3.05, 3.63) is 0 Å². The van der Waals surface area contributed by atoms with Crippen LogP contribution in [0.3, 0.4) is 0 Å². The number of aliphatic imine (C=N–C) groups is 1. The lowest BCUT2D eigenvalue weighted by molar-refractivity contribution is 0.935. The molecular weight excluding hydrogens is 76.1 g/mol. The van der Waals surface area contributed by atoms with Gasteiger partial charge in [-0.05, 0) is 6.42 Å². The van der Waals surface area contributed by atoms with Crippen LogP contribution in [0.25, 0.3) is 0 Å². The normalized spacial score (nSPS) is 10.2. The highest BCUT2D eigenvalue weighted by atomic mass is 14.8. The molecule has 0 bridgehead atoms. The Morgan fingerprint density at radius 3 is 2.67 bits per heavy atom. The van der Waals surface area contributed by atoms with E-state index < -0.39 is 0 Å². The summed E-state index contributed by atoms with van der Waals surface area (Å²) in [5.41, 5.74) is 4.92. The molecule has 0 heterocycles. The molecule has 0 amide bonds. The summed E-state index contributed by atoms with van der Waals surface area (Å²) in [4.78, 5) is 3.74. The molecule has 2 heteroatoms. The average molecular weight is 86.1 g/mol. The van der Waals surface area contributed by atoms with Crippen molar-refractivity contribution < 1.29 is 0 Å². The van der Waals surface area contributed by atoms with E-state index >= 15 is 0 Å². The summed E-state index contributed by atoms with van der Waals surface area (Å²) in [7, 11) is 0. The first-order valence-corrected chi connectivity index (χ1v) is 2.11. The third-order valence-electron chi connectivity index (χ3n) is 0.458. The smallest absolute Gasteiger partial charge is 0.0797 e. The van der Waals surface area contributed by atoms with Gasteiger partial charge in [0, 0.05) is 6.54 Å². The molecule has 36 valence electrons. The zero-order chi connectivity index (χ0) is 4.83. The molecule has 0 aliphatic heterocycles. The molecule has 0 aliphatic rings. The van der Waals surface area contributed by atoms with Crippen LogP contribution in [-0.2, 0) is 0 Å². The predicted octanol–water partition coefficient (Wildman–Crippen LogP) is 0.383. The first-order valence-electron chi connectivity index (χ1n) is 2.11. The topological polar surface area (TPSA) is 38.4 Å². The van der Waals surface area contributed by atoms with Crippen LogP contribution >= 0.6 is 0 Å². The standard InChI is InChI=1S/C4H10N2/c1-2-3-6-4-5/h4H,2-3H2,1H3,(H2,5,6). The maximum atomic E-state index is 4.92. The first-order chi connectivity index (χ1) is 2.91. The minimum atomic E-state index is 0.858. The van der Waals surface area contributed by atoms with Crippen LogP contribution in [0.2, 0.25) is 0 Å². The maximum absolute atomic E-state index is 4.92. The van der Waals surface area contributed by atoms with Gasteiger partial charge in [-0.2, -0.15) is 0 Å². The van der Waals surface area contributed by atoms with Crippen molar-refractivity contribution in [1.29, 1.82) is 0 Å². The monoisotopic (exact) mass is 86.1 g/mol. The van der Waals surface area contributed by atoms with Gasteiger partial charge in [0.2, 0.25) is 0 Å². The molecule has 0 aliphatic carbocycles. The Balaban J connectivity index is 2.66. The summed E-state index contributed by atoms with van der Waals surface area (Å²) < 4.78 is 0. The van der Waals surface area contributed by atoms with Crippen LogP contribution < -0.4 is 5.73 Å². The fraction of sp³-hybridized carbons (Fsp3) is 0.750. The molecule has 6 heavy (non-hydrogen) atoms. The van der Waals surface area contributed by atoms with Crippen molar-refractivity contribution in [2.45, 2.75) is 13.3 Å². The zero-order valence-electron chi connectivity index (χ0n) is 4.02. The SMILES string of the molecule is CCCN=CN. The molecule has 0 saturated heterocycles. The molecule has 0 radical (unpaired) electrons. The van der Waals surface area contributed by atoms with Crippen molar-refractivity contribution in [2.24, 2.45) is 10.7 Å². The Morgan fingerprint density at radius 2 is 2.50 bits per heavy atom. The minimum Gasteiger partial charge on any atom is -0.390 e. The number of hydrogen-bond acceptors (Lipinski definition) is 1. The van der Waals surface area contributed by atoms with E-state index in [9.17, 15) is 0 Å². The minimum absolute atomic E-state index is 0.858. The average Bonchev–Trinajstić information content (AvgIpc) is 1.61. The molecule has 0 atom stereocenters. The third kappa shape index (κ3) is 3.47. The fourth-order valence-electron chi connectivity index (χ4n) is 0.204. The lowest BCUT2D eigenvalue weighted by Gasteiger charge is -1.77. The molecule has 0 unspecified atom stereocenters.